The smallest absolute Gasteiger partial charge is 0.244 e. The van der Waals surface area contributed by atoms with E-state index in [1.54, 1.807) is 30.0 Å². The van der Waals surface area contributed by atoms with Gasteiger partial charge >= 0.3 is 0 Å². The van der Waals surface area contributed by atoms with Gasteiger partial charge < -0.3 is 10.1 Å². The number of nitrogens with one attached hydrogen (secondary N) is 1. The predicted molar refractivity (Wildman–Crippen MR) is 96.4 cm³/mol. The minimum Gasteiger partial charge on any atom is -0.375 e. The summed E-state index contributed by atoms with van der Waals surface area (Å²) in [6, 6.07) is 14.1. The third kappa shape index (κ3) is 5.51. The van der Waals surface area contributed by atoms with Crippen LogP contribution in [0, 0.1) is 5.82 Å². The first kappa shape index (κ1) is 18.2. The molecule has 24 heavy (non-hydrogen) atoms. The van der Waals surface area contributed by atoms with E-state index in [1.807, 2.05) is 30.5 Å². The second-order valence-corrected chi connectivity index (χ2v) is 6.01. The summed E-state index contributed by atoms with van der Waals surface area (Å²) >= 11 is 1.67. The van der Waals surface area contributed by atoms with Gasteiger partial charge in [-0.15, -0.1) is 11.8 Å². The molecule has 1 atom stereocenters. The zero-order chi connectivity index (χ0) is 17.4. The molecule has 0 aliphatic carbocycles. The molecule has 0 saturated heterocycles. The Labute approximate surface area is 145 Å². The number of carbonyl (C=O) groups is 1. The summed E-state index contributed by atoms with van der Waals surface area (Å²) in [6.45, 7) is 0.272. The second kappa shape index (κ2) is 9.25. The normalized spacial score (nSPS) is 12.3. The van der Waals surface area contributed by atoms with Gasteiger partial charge in [0.1, 0.15) is 5.82 Å². The van der Waals surface area contributed by atoms with Crippen molar-refractivity contribution >= 4 is 23.7 Å². The zero-order valence-electron chi connectivity index (χ0n) is 13.7. The predicted octanol–water partition coefficient (Wildman–Crippen LogP) is 4.06. The van der Waals surface area contributed by atoms with E-state index in [1.165, 1.54) is 30.2 Å². The monoisotopic (exact) mass is 345 g/mol. The van der Waals surface area contributed by atoms with Crippen LogP contribution in [0.25, 0.3) is 6.08 Å². The lowest BCUT2D eigenvalue weighted by Gasteiger charge is -2.16. The highest BCUT2D eigenvalue weighted by molar-refractivity contribution is 7.98. The van der Waals surface area contributed by atoms with Gasteiger partial charge in [0.05, 0.1) is 6.10 Å². The number of rotatable bonds is 7. The number of hydrogen-bond donors (Lipinski definition) is 1. The summed E-state index contributed by atoms with van der Waals surface area (Å²) in [6.07, 6.45) is 4.86. The van der Waals surface area contributed by atoms with Crippen LogP contribution in [0.3, 0.4) is 0 Å². The molecule has 0 aliphatic rings. The Hall–Kier alpha value is -2.11. The van der Waals surface area contributed by atoms with Gasteiger partial charge in [0, 0.05) is 24.6 Å². The summed E-state index contributed by atoms with van der Waals surface area (Å²) < 4.78 is 18.6. The quantitative estimate of drug-likeness (QED) is 0.607. The van der Waals surface area contributed by atoms with Crippen LogP contribution in [0.15, 0.2) is 59.5 Å². The lowest BCUT2D eigenvalue weighted by molar-refractivity contribution is -0.117. The number of halogens is 1. The number of benzene rings is 2. The molecule has 0 radical (unpaired) electrons. The van der Waals surface area contributed by atoms with Crippen LogP contribution in [0.2, 0.25) is 0 Å². The SMILES string of the molecule is COC(CNC(=O)/C=C/c1ccc(SC)cc1)c1cccc(F)c1. The largest absolute Gasteiger partial charge is 0.375 e. The molecule has 0 fully saturated rings. The van der Waals surface area contributed by atoms with Gasteiger partial charge in [-0.05, 0) is 47.7 Å². The molecule has 1 N–H and O–H groups in total. The molecule has 0 saturated carbocycles. The first-order valence-corrected chi connectivity index (χ1v) is 8.73. The molecule has 0 aliphatic heterocycles. The number of ether oxygens (including phenoxy) is 1. The molecule has 2 rings (SSSR count). The second-order valence-electron chi connectivity index (χ2n) is 5.13. The van der Waals surface area contributed by atoms with Crippen LogP contribution in [-0.4, -0.2) is 25.8 Å². The van der Waals surface area contributed by atoms with Crippen LogP contribution < -0.4 is 5.32 Å². The third-order valence-corrected chi connectivity index (χ3v) is 4.25. The molecule has 0 heterocycles. The maximum Gasteiger partial charge on any atom is 0.244 e. The fourth-order valence-corrected chi connectivity index (χ4v) is 2.59. The van der Waals surface area contributed by atoms with Crippen molar-refractivity contribution in [3.8, 4) is 0 Å². The average Bonchev–Trinajstić information content (AvgIpc) is 2.61. The van der Waals surface area contributed by atoms with Crippen molar-refractivity contribution in [2.75, 3.05) is 19.9 Å². The molecule has 0 bridgehead atoms. The van der Waals surface area contributed by atoms with Gasteiger partial charge in [0.2, 0.25) is 5.91 Å². The van der Waals surface area contributed by atoms with Gasteiger partial charge in [-0.3, -0.25) is 4.79 Å². The van der Waals surface area contributed by atoms with E-state index in [9.17, 15) is 9.18 Å². The van der Waals surface area contributed by atoms with Gasteiger partial charge in [0.15, 0.2) is 0 Å². The lowest BCUT2D eigenvalue weighted by Crippen LogP contribution is -2.27. The highest BCUT2D eigenvalue weighted by Crippen LogP contribution is 2.17. The molecule has 5 heteroatoms. The highest BCUT2D eigenvalue weighted by Gasteiger charge is 2.11. The van der Waals surface area contributed by atoms with E-state index >= 15 is 0 Å². The van der Waals surface area contributed by atoms with Crippen molar-refractivity contribution in [3.63, 3.8) is 0 Å². The molecular formula is C19H20FNO2S. The van der Waals surface area contributed by atoms with E-state index in [2.05, 4.69) is 5.32 Å². The van der Waals surface area contributed by atoms with Crippen molar-refractivity contribution in [1.29, 1.82) is 0 Å². The number of amides is 1. The van der Waals surface area contributed by atoms with Crippen molar-refractivity contribution in [2.24, 2.45) is 0 Å². The first-order chi connectivity index (χ1) is 11.6. The van der Waals surface area contributed by atoms with Gasteiger partial charge in [0.25, 0.3) is 0 Å². The molecule has 2 aromatic carbocycles. The molecule has 2 aromatic rings. The summed E-state index contributed by atoms with van der Waals surface area (Å²) in [5.74, 6) is -0.545. The third-order valence-electron chi connectivity index (χ3n) is 3.51. The van der Waals surface area contributed by atoms with Crippen molar-refractivity contribution in [2.45, 2.75) is 11.0 Å². The van der Waals surface area contributed by atoms with Crippen LogP contribution in [0.1, 0.15) is 17.2 Å². The Morgan fingerprint density at radius 2 is 2.04 bits per heavy atom. The fraction of sp³-hybridized carbons (Fsp3) is 0.211. The first-order valence-electron chi connectivity index (χ1n) is 7.50. The minimum atomic E-state index is -0.390. The molecule has 126 valence electrons. The molecule has 1 unspecified atom stereocenters. The Morgan fingerprint density at radius 1 is 1.29 bits per heavy atom. The highest BCUT2D eigenvalue weighted by atomic mass is 32.2. The number of methoxy groups -OCH3 is 1. The number of hydrogen-bond acceptors (Lipinski definition) is 3. The summed E-state index contributed by atoms with van der Waals surface area (Å²) in [5, 5.41) is 2.77. The van der Waals surface area contributed by atoms with Gasteiger partial charge in [-0.25, -0.2) is 4.39 Å². The van der Waals surface area contributed by atoms with E-state index in [0.29, 0.717) is 5.56 Å². The van der Waals surface area contributed by atoms with E-state index in [0.717, 1.165) is 5.56 Å². The standard InChI is InChI=1S/C19H20FNO2S/c1-23-18(15-4-3-5-16(20)12-15)13-21-19(22)11-8-14-6-9-17(24-2)10-7-14/h3-12,18H,13H2,1-2H3,(H,21,22)/b11-8+. The average molecular weight is 345 g/mol. The zero-order valence-corrected chi connectivity index (χ0v) is 14.5. The minimum absolute atomic E-state index is 0.220. The lowest BCUT2D eigenvalue weighted by atomic mass is 10.1. The summed E-state index contributed by atoms with van der Waals surface area (Å²) in [7, 11) is 1.53. The number of carbonyl (C=O) groups excluding carboxylic acids is 1. The van der Waals surface area contributed by atoms with Crippen LogP contribution in [0.5, 0.6) is 0 Å². The van der Waals surface area contributed by atoms with Crippen molar-refractivity contribution in [3.05, 3.63) is 71.6 Å². The summed E-state index contributed by atoms with van der Waals surface area (Å²) in [4.78, 5) is 13.1. The Morgan fingerprint density at radius 3 is 2.67 bits per heavy atom. The topological polar surface area (TPSA) is 38.3 Å². The fourth-order valence-electron chi connectivity index (χ4n) is 2.18. The van der Waals surface area contributed by atoms with Crippen molar-refractivity contribution in [1.82, 2.24) is 5.32 Å². The van der Waals surface area contributed by atoms with Gasteiger partial charge in [-0.1, -0.05) is 24.3 Å². The molecule has 1 amide bonds. The molecule has 0 aromatic heterocycles. The van der Waals surface area contributed by atoms with Gasteiger partial charge in [-0.2, -0.15) is 0 Å². The molecule has 0 spiro atoms. The maximum atomic E-state index is 13.3. The van der Waals surface area contributed by atoms with E-state index < -0.39 is 0 Å². The Balaban J connectivity index is 1.90. The number of thioether (sulfide) groups is 1. The van der Waals surface area contributed by atoms with E-state index in [4.69, 9.17) is 4.74 Å². The molecule has 3 nitrogen and oxygen atoms in total. The Kier molecular flexibility index (Phi) is 7.03. The Bertz CT molecular complexity index is 701. The molecular weight excluding hydrogens is 325 g/mol. The van der Waals surface area contributed by atoms with E-state index in [-0.39, 0.29) is 24.4 Å². The maximum absolute atomic E-state index is 13.3. The summed E-state index contributed by atoms with van der Waals surface area (Å²) in [5.41, 5.74) is 1.64. The van der Waals surface area contributed by atoms with Crippen LogP contribution in [-0.2, 0) is 9.53 Å². The van der Waals surface area contributed by atoms with Crippen molar-refractivity contribution < 1.29 is 13.9 Å². The van der Waals surface area contributed by atoms with Crippen LogP contribution in [0.4, 0.5) is 4.39 Å². The van der Waals surface area contributed by atoms with Crippen LogP contribution >= 0.6 is 11.8 Å².